The van der Waals surface area contributed by atoms with E-state index in [9.17, 15) is 4.79 Å². The third-order valence-electron chi connectivity index (χ3n) is 3.70. The quantitative estimate of drug-likeness (QED) is 0.572. The Morgan fingerprint density at radius 2 is 2.22 bits per heavy atom. The number of ether oxygens (including phenoxy) is 2. The summed E-state index contributed by atoms with van der Waals surface area (Å²) < 4.78 is 10.8. The molecule has 2 atom stereocenters. The first kappa shape index (κ1) is 19.5. The average molecular weight is 328 g/mol. The lowest BCUT2D eigenvalue weighted by atomic mass is 10.2. The Labute approximate surface area is 139 Å². The van der Waals surface area contributed by atoms with E-state index in [4.69, 9.17) is 15.2 Å². The second-order valence-corrected chi connectivity index (χ2v) is 7.02. The van der Waals surface area contributed by atoms with Gasteiger partial charge >= 0.3 is 6.09 Å². The number of guanidine groups is 1. The molecule has 1 aliphatic rings. The Bertz CT molecular complexity index is 401. The number of amides is 1. The van der Waals surface area contributed by atoms with Gasteiger partial charge in [0.15, 0.2) is 5.96 Å². The molecule has 0 spiro atoms. The zero-order chi connectivity index (χ0) is 17.5. The van der Waals surface area contributed by atoms with Gasteiger partial charge < -0.3 is 25.4 Å². The van der Waals surface area contributed by atoms with E-state index in [1.807, 2.05) is 27.7 Å². The predicted molar refractivity (Wildman–Crippen MR) is 91.5 cm³/mol. The van der Waals surface area contributed by atoms with Gasteiger partial charge in [0.1, 0.15) is 5.60 Å². The highest BCUT2D eigenvalue weighted by molar-refractivity contribution is 5.77. The lowest BCUT2D eigenvalue weighted by Crippen LogP contribution is -2.41. The lowest BCUT2D eigenvalue weighted by molar-refractivity contribution is 0.0230. The third-order valence-corrected chi connectivity index (χ3v) is 3.70. The Morgan fingerprint density at radius 1 is 1.52 bits per heavy atom. The number of hydrogen-bond acceptors (Lipinski definition) is 4. The highest BCUT2D eigenvalue weighted by Crippen LogP contribution is 2.12. The van der Waals surface area contributed by atoms with Gasteiger partial charge in [-0.2, -0.15) is 0 Å². The van der Waals surface area contributed by atoms with E-state index < -0.39 is 5.60 Å². The summed E-state index contributed by atoms with van der Waals surface area (Å²) in [5.74, 6) is 0.424. The molecule has 7 nitrogen and oxygen atoms in total. The highest BCUT2D eigenvalue weighted by Gasteiger charge is 2.22. The number of carbonyl (C=O) groups excluding carboxylic acids is 1. The monoisotopic (exact) mass is 328 g/mol. The smallest absolute Gasteiger partial charge is 0.410 e. The van der Waals surface area contributed by atoms with Gasteiger partial charge in [-0.25, -0.2) is 4.79 Å². The van der Waals surface area contributed by atoms with Crippen LogP contribution in [0.2, 0.25) is 0 Å². The molecule has 1 aliphatic heterocycles. The number of nitrogens with one attached hydrogen (secondary N) is 1. The maximum atomic E-state index is 12.0. The van der Waals surface area contributed by atoms with Crippen LogP contribution < -0.4 is 11.1 Å². The van der Waals surface area contributed by atoms with Gasteiger partial charge in [0.25, 0.3) is 0 Å². The van der Waals surface area contributed by atoms with E-state index in [0.717, 1.165) is 25.9 Å². The molecule has 0 bridgehead atoms. The van der Waals surface area contributed by atoms with Crippen LogP contribution in [0.1, 0.15) is 47.0 Å². The number of nitrogens with zero attached hydrogens (tertiary/aromatic N) is 2. The second kappa shape index (κ2) is 8.96. The Kier molecular flexibility index (Phi) is 7.61. The minimum absolute atomic E-state index is 0.0447. The molecule has 3 N–H and O–H groups in total. The molecule has 1 amide bonds. The van der Waals surface area contributed by atoms with Crippen molar-refractivity contribution < 1.29 is 14.3 Å². The minimum Gasteiger partial charge on any atom is -0.444 e. The molecular weight excluding hydrogens is 296 g/mol. The van der Waals surface area contributed by atoms with Crippen molar-refractivity contribution in [3.05, 3.63) is 0 Å². The summed E-state index contributed by atoms with van der Waals surface area (Å²) in [6.45, 7) is 9.62. The molecule has 0 aromatic carbocycles. The molecule has 134 valence electrons. The first-order valence-electron chi connectivity index (χ1n) is 8.30. The zero-order valence-corrected chi connectivity index (χ0v) is 15.1. The van der Waals surface area contributed by atoms with Gasteiger partial charge in [-0.05, 0) is 47.0 Å². The summed E-state index contributed by atoms with van der Waals surface area (Å²) in [6, 6.07) is 0.0447. The summed E-state index contributed by atoms with van der Waals surface area (Å²) in [4.78, 5) is 17.9. The van der Waals surface area contributed by atoms with Crippen LogP contribution in [0, 0.1) is 0 Å². The predicted octanol–water partition coefficient (Wildman–Crippen LogP) is 1.72. The van der Waals surface area contributed by atoms with Crippen molar-refractivity contribution in [1.29, 1.82) is 0 Å². The molecule has 2 unspecified atom stereocenters. The largest absolute Gasteiger partial charge is 0.444 e. The number of rotatable bonds is 6. The molecule has 0 aliphatic carbocycles. The van der Waals surface area contributed by atoms with Crippen LogP contribution in [0.25, 0.3) is 0 Å². The molecular formula is C16H32N4O3. The molecule has 1 fully saturated rings. The Hall–Kier alpha value is -1.50. The van der Waals surface area contributed by atoms with Crippen molar-refractivity contribution in [1.82, 2.24) is 10.2 Å². The van der Waals surface area contributed by atoms with Crippen molar-refractivity contribution in [2.24, 2.45) is 10.7 Å². The molecule has 1 saturated heterocycles. The SMILES string of the molecule is CC(CCNC(N)=NCC1CCCO1)N(C)C(=O)OC(C)(C)C. The second-order valence-electron chi connectivity index (χ2n) is 7.02. The minimum atomic E-state index is -0.483. The van der Waals surface area contributed by atoms with E-state index in [2.05, 4.69) is 10.3 Å². The van der Waals surface area contributed by atoms with Crippen LogP contribution in [0.3, 0.4) is 0 Å². The molecule has 1 heterocycles. The van der Waals surface area contributed by atoms with Crippen LogP contribution in [0.5, 0.6) is 0 Å². The standard InChI is InChI=1S/C16H32N4O3/c1-12(20(5)15(21)23-16(2,3)4)8-9-18-14(17)19-11-13-7-6-10-22-13/h12-13H,6-11H2,1-5H3,(H3,17,18,19). The van der Waals surface area contributed by atoms with Crippen molar-refractivity contribution in [2.45, 2.75) is 64.7 Å². The zero-order valence-electron chi connectivity index (χ0n) is 15.1. The van der Waals surface area contributed by atoms with Crippen LogP contribution in [0.15, 0.2) is 4.99 Å². The van der Waals surface area contributed by atoms with Gasteiger partial charge in [-0.1, -0.05) is 0 Å². The van der Waals surface area contributed by atoms with Crippen LogP contribution in [-0.4, -0.2) is 61.4 Å². The van der Waals surface area contributed by atoms with Gasteiger partial charge in [-0.3, -0.25) is 4.99 Å². The van der Waals surface area contributed by atoms with Crippen molar-refractivity contribution in [2.75, 3.05) is 26.7 Å². The summed E-state index contributed by atoms with van der Waals surface area (Å²) in [5, 5.41) is 3.07. The van der Waals surface area contributed by atoms with E-state index in [0.29, 0.717) is 19.0 Å². The van der Waals surface area contributed by atoms with Gasteiger partial charge in [0, 0.05) is 26.2 Å². The molecule has 1 rings (SSSR count). The van der Waals surface area contributed by atoms with E-state index in [1.165, 1.54) is 0 Å². The number of aliphatic imine (C=N–C) groups is 1. The summed E-state index contributed by atoms with van der Waals surface area (Å²) in [7, 11) is 1.74. The lowest BCUT2D eigenvalue weighted by Gasteiger charge is -2.28. The summed E-state index contributed by atoms with van der Waals surface area (Å²) in [5.41, 5.74) is 5.35. The third kappa shape index (κ3) is 8.06. The number of hydrogen-bond donors (Lipinski definition) is 2. The maximum absolute atomic E-state index is 12.0. The van der Waals surface area contributed by atoms with Crippen LogP contribution >= 0.6 is 0 Å². The van der Waals surface area contributed by atoms with Crippen LogP contribution in [-0.2, 0) is 9.47 Å². The van der Waals surface area contributed by atoms with E-state index in [1.54, 1.807) is 11.9 Å². The fraction of sp³-hybridized carbons (Fsp3) is 0.875. The van der Waals surface area contributed by atoms with Crippen molar-refractivity contribution >= 4 is 12.1 Å². The molecule has 0 radical (unpaired) electrons. The molecule has 0 saturated carbocycles. The van der Waals surface area contributed by atoms with Crippen molar-refractivity contribution in [3.8, 4) is 0 Å². The Morgan fingerprint density at radius 3 is 2.78 bits per heavy atom. The van der Waals surface area contributed by atoms with Crippen LogP contribution in [0.4, 0.5) is 4.79 Å². The fourth-order valence-corrected chi connectivity index (χ4v) is 2.16. The molecule has 0 aromatic rings. The highest BCUT2D eigenvalue weighted by atomic mass is 16.6. The van der Waals surface area contributed by atoms with Crippen molar-refractivity contribution in [3.63, 3.8) is 0 Å². The van der Waals surface area contributed by atoms with E-state index in [-0.39, 0.29) is 18.2 Å². The summed E-state index contributed by atoms with van der Waals surface area (Å²) in [6.07, 6.45) is 2.79. The first-order valence-corrected chi connectivity index (χ1v) is 8.30. The normalized spacial score (nSPS) is 20.2. The number of carbonyl (C=O) groups is 1. The van der Waals surface area contributed by atoms with Gasteiger partial charge in [-0.15, -0.1) is 0 Å². The van der Waals surface area contributed by atoms with Gasteiger partial charge in [0.05, 0.1) is 12.6 Å². The van der Waals surface area contributed by atoms with Gasteiger partial charge in [0.2, 0.25) is 0 Å². The number of nitrogens with two attached hydrogens (primary N) is 1. The average Bonchev–Trinajstić information content (AvgIpc) is 2.95. The van der Waals surface area contributed by atoms with E-state index >= 15 is 0 Å². The summed E-state index contributed by atoms with van der Waals surface area (Å²) >= 11 is 0. The Balaban J connectivity index is 2.25. The molecule has 7 heteroatoms. The maximum Gasteiger partial charge on any atom is 0.410 e. The fourth-order valence-electron chi connectivity index (χ4n) is 2.16. The first-order chi connectivity index (χ1) is 10.7. The topological polar surface area (TPSA) is 89.2 Å². The molecule has 23 heavy (non-hydrogen) atoms. The molecule has 0 aromatic heterocycles.